The number of halogens is 1. The lowest BCUT2D eigenvalue weighted by atomic mass is 10.1. The third-order valence-corrected chi connectivity index (χ3v) is 5.06. The van der Waals surface area contributed by atoms with Crippen molar-refractivity contribution in [3.8, 4) is 17.6 Å². The van der Waals surface area contributed by atoms with Gasteiger partial charge in [-0.25, -0.2) is 14.0 Å². The molecule has 0 N–H and O–H groups in total. The highest BCUT2D eigenvalue weighted by atomic mass is 19.1. The minimum Gasteiger partial charge on any atom is -0.494 e. The van der Waals surface area contributed by atoms with Crippen LogP contribution in [0, 0.1) is 17.7 Å². The number of esters is 2. The third kappa shape index (κ3) is 11.6. The maximum Gasteiger partial charge on any atom is 0.330 e. The smallest absolute Gasteiger partial charge is 0.330 e. The molecule has 1 unspecified atom stereocenters. The van der Waals surface area contributed by atoms with Gasteiger partial charge in [-0.2, -0.15) is 0 Å². The van der Waals surface area contributed by atoms with Crippen LogP contribution in [0.5, 0.6) is 5.75 Å². The molecule has 0 bridgehead atoms. The van der Waals surface area contributed by atoms with Crippen molar-refractivity contribution in [3.05, 3.63) is 90.3 Å². The van der Waals surface area contributed by atoms with Crippen LogP contribution in [0.3, 0.4) is 0 Å². The fraction of sp³-hybridized carbons (Fsp3) is 0.333. The standard InChI is InChI=1S/C30H33FO6/c1-4-9-25-15-12-24(20-28(25)31)11-10-23-13-16-26(17-14-23)35-19-8-7-18-34-21-27(37-30(33)6-3)22-36-29(32)5-2/h5-6,12-17,20,27H,2-4,7-9,18-19,21-22H2,1H3. The topological polar surface area (TPSA) is 71.1 Å². The Hall–Kier alpha value is -3.89. The lowest BCUT2D eigenvalue weighted by molar-refractivity contribution is -0.156. The van der Waals surface area contributed by atoms with Crippen LogP contribution in [0.1, 0.15) is 42.9 Å². The lowest BCUT2D eigenvalue weighted by Crippen LogP contribution is -2.29. The minimum absolute atomic E-state index is 0.0862. The maximum atomic E-state index is 14.1. The summed E-state index contributed by atoms with van der Waals surface area (Å²) < 4.78 is 35.4. The summed E-state index contributed by atoms with van der Waals surface area (Å²) in [4.78, 5) is 22.6. The Morgan fingerprint density at radius 3 is 2.30 bits per heavy atom. The Balaban J connectivity index is 1.69. The van der Waals surface area contributed by atoms with Crippen molar-refractivity contribution in [1.29, 1.82) is 0 Å². The number of carbonyl (C=O) groups is 2. The van der Waals surface area contributed by atoms with E-state index in [4.69, 9.17) is 18.9 Å². The van der Waals surface area contributed by atoms with E-state index in [9.17, 15) is 14.0 Å². The van der Waals surface area contributed by atoms with Gasteiger partial charge >= 0.3 is 11.9 Å². The fourth-order valence-corrected chi connectivity index (χ4v) is 3.15. The second-order valence-electron chi connectivity index (χ2n) is 8.06. The van der Waals surface area contributed by atoms with E-state index in [2.05, 4.69) is 25.0 Å². The Morgan fingerprint density at radius 2 is 1.62 bits per heavy atom. The zero-order valence-electron chi connectivity index (χ0n) is 21.2. The molecule has 0 spiro atoms. The highest BCUT2D eigenvalue weighted by Crippen LogP contribution is 2.14. The summed E-state index contributed by atoms with van der Waals surface area (Å²) >= 11 is 0. The molecule has 0 aromatic heterocycles. The molecule has 0 saturated heterocycles. The molecule has 0 amide bonds. The van der Waals surface area contributed by atoms with Gasteiger partial charge in [0.1, 0.15) is 18.2 Å². The lowest BCUT2D eigenvalue weighted by Gasteiger charge is -2.17. The molecule has 0 fully saturated rings. The monoisotopic (exact) mass is 508 g/mol. The van der Waals surface area contributed by atoms with Gasteiger partial charge < -0.3 is 18.9 Å². The van der Waals surface area contributed by atoms with E-state index < -0.39 is 18.0 Å². The van der Waals surface area contributed by atoms with E-state index >= 15 is 0 Å². The Morgan fingerprint density at radius 1 is 0.946 bits per heavy atom. The van der Waals surface area contributed by atoms with Crippen molar-refractivity contribution in [3.63, 3.8) is 0 Å². The Kier molecular flexibility index (Phi) is 13.3. The molecule has 0 radical (unpaired) electrons. The SMILES string of the molecule is C=CC(=O)OCC(COCCCCOc1ccc(C#Cc2ccc(CCC)c(F)c2)cc1)OC(=O)C=C. The van der Waals surface area contributed by atoms with Crippen LogP contribution in [0.15, 0.2) is 67.8 Å². The molecule has 0 aliphatic carbocycles. The second-order valence-corrected chi connectivity index (χ2v) is 8.06. The van der Waals surface area contributed by atoms with Crippen LogP contribution in [-0.4, -0.2) is 44.5 Å². The van der Waals surface area contributed by atoms with Crippen LogP contribution >= 0.6 is 0 Å². The Labute approximate surface area is 218 Å². The van der Waals surface area contributed by atoms with Crippen molar-refractivity contribution < 1.29 is 32.9 Å². The highest BCUT2D eigenvalue weighted by molar-refractivity contribution is 5.82. The molecule has 2 rings (SSSR count). The average molecular weight is 509 g/mol. The predicted molar refractivity (Wildman–Crippen MR) is 140 cm³/mol. The molecule has 1 atom stereocenters. The largest absolute Gasteiger partial charge is 0.494 e. The van der Waals surface area contributed by atoms with Gasteiger partial charge in [0.05, 0.1) is 13.2 Å². The number of aryl methyl sites for hydroxylation is 1. The van der Waals surface area contributed by atoms with Gasteiger partial charge in [-0.1, -0.05) is 44.4 Å². The van der Waals surface area contributed by atoms with Gasteiger partial charge in [-0.15, -0.1) is 0 Å². The van der Waals surface area contributed by atoms with E-state index in [1.807, 2.05) is 37.3 Å². The number of hydrogen-bond acceptors (Lipinski definition) is 6. The summed E-state index contributed by atoms with van der Waals surface area (Å²) in [6.07, 6.45) is 4.43. The average Bonchev–Trinajstić information content (AvgIpc) is 2.91. The third-order valence-electron chi connectivity index (χ3n) is 5.06. The molecule has 0 aliphatic heterocycles. The first-order chi connectivity index (χ1) is 17.9. The summed E-state index contributed by atoms with van der Waals surface area (Å²) in [6.45, 7) is 9.57. The van der Waals surface area contributed by atoms with Crippen molar-refractivity contribution >= 4 is 11.9 Å². The van der Waals surface area contributed by atoms with Gasteiger partial charge in [0, 0.05) is 29.9 Å². The maximum absolute atomic E-state index is 14.1. The second kappa shape index (κ2) is 16.7. The molecule has 37 heavy (non-hydrogen) atoms. The molecule has 2 aromatic rings. The first-order valence-electron chi connectivity index (χ1n) is 12.2. The molecular formula is C30H33FO6. The summed E-state index contributed by atoms with van der Waals surface area (Å²) in [5.41, 5.74) is 2.16. The van der Waals surface area contributed by atoms with Gasteiger partial charge in [-0.3, -0.25) is 0 Å². The van der Waals surface area contributed by atoms with Crippen LogP contribution in [0.25, 0.3) is 0 Å². The fourth-order valence-electron chi connectivity index (χ4n) is 3.15. The normalized spacial score (nSPS) is 11.0. The van der Waals surface area contributed by atoms with Crippen LogP contribution in [-0.2, 0) is 30.2 Å². The van der Waals surface area contributed by atoms with Gasteiger partial charge in [0.2, 0.25) is 0 Å². The minimum atomic E-state index is -0.730. The van der Waals surface area contributed by atoms with Gasteiger partial charge in [0.15, 0.2) is 6.10 Å². The molecular weight excluding hydrogens is 475 g/mol. The number of rotatable bonds is 15. The molecule has 0 heterocycles. The van der Waals surface area contributed by atoms with Crippen LogP contribution in [0.4, 0.5) is 4.39 Å². The number of unbranched alkanes of at least 4 members (excludes halogenated alkanes) is 1. The van der Waals surface area contributed by atoms with Crippen LogP contribution in [0.2, 0.25) is 0 Å². The molecule has 196 valence electrons. The summed E-state index contributed by atoms with van der Waals surface area (Å²) in [6, 6.07) is 12.5. The van der Waals surface area contributed by atoms with Crippen molar-refractivity contribution in [2.24, 2.45) is 0 Å². The number of hydrogen-bond donors (Lipinski definition) is 0. The number of benzene rings is 2. The summed E-state index contributed by atoms with van der Waals surface area (Å²) in [5, 5.41) is 0. The highest BCUT2D eigenvalue weighted by Gasteiger charge is 2.15. The van der Waals surface area contributed by atoms with Gasteiger partial charge in [-0.05, 0) is 61.2 Å². The zero-order chi connectivity index (χ0) is 26.9. The first-order valence-corrected chi connectivity index (χ1v) is 12.2. The summed E-state index contributed by atoms with van der Waals surface area (Å²) in [7, 11) is 0. The molecule has 2 aromatic carbocycles. The molecule has 0 aliphatic rings. The number of carbonyl (C=O) groups excluding carboxylic acids is 2. The van der Waals surface area contributed by atoms with Crippen LogP contribution < -0.4 is 4.74 Å². The summed E-state index contributed by atoms with van der Waals surface area (Å²) in [5.74, 6) is 5.32. The van der Waals surface area contributed by atoms with E-state index in [0.717, 1.165) is 49.1 Å². The molecule has 6 nitrogen and oxygen atoms in total. The first kappa shape index (κ1) is 29.3. The van der Waals surface area contributed by atoms with E-state index in [0.29, 0.717) is 24.3 Å². The molecule has 0 saturated carbocycles. The van der Waals surface area contributed by atoms with E-state index in [1.54, 1.807) is 6.07 Å². The Bertz CT molecular complexity index is 1100. The van der Waals surface area contributed by atoms with Gasteiger partial charge in [0.25, 0.3) is 0 Å². The van der Waals surface area contributed by atoms with Crippen molar-refractivity contribution in [1.82, 2.24) is 0 Å². The van der Waals surface area contributed by atoms with E-state index in [1.165, 1.54) is 6.07 Å². The van der Waals surface area contributed by atoms with E-state index in [-0.39, 0.29) is 19.0 Å². The zero-order valence-corrected chi connectivity index (χ0v) is 21.2. The molecule has 7 heteroatoms. The van der Waals surface area contributed by atoms with Crippen molar-refractivity contribution in [2.45, 2.75) is 38.7 Å². The van der Waals surface area contributed by atoms with Crippen molar-refractivity contribution in [2.75, 3.05) is 26.4 Å². The predicted octanol–water partition coefficient (Wildman–Crippen LogP) is 5.18. The number of ether oxygens (including phenoxy) is 4. The quantitative estimate of drug-likeness (QED) is 0.143.